The smallest absolute Gasteiger partial charge is 0.0108 e. The van der Waals surface area contributed by atoms with Crippen LogP contribution < -0.4 is 5.73 Å². The molecule has 1 rings (SSSR count). The van der Waals surface area contributed by atoms with Crippen molar-refractivity contribution in [2.45, 2.75) is 40.7 Å². The minimum absolute atomic E-state index is 0.294. The third-order valence-corrected chi connectivity index (χ3v) is 3.31. The summed E-state index contributed by atoms with van der Waals surface area (Å²) in [5, 5.41) is 0. The van der Waals surface area contributed by atoms with E-state index in [2.05, 4.69) is 34.6 Å². The van der Waals surface area contributed by atoms with Gasteiger partial charge >= 0.3 is 0 Å². The summed E-state index contributed by atoms with van der Waals surface area (Å²) in [6.07, 6.45) is 0. The van der Waals surface area contributed by atoms with Crippen LogP contribution in [0.15, 0.2) is 11.1 Å². The van der Waals surface area contributed by atoms with Crippen LogP contribution in [0.3, 0.4) is 0 Å². The average molecular weight is 153 g/mol. The van der Waals surface area contributed by atoms with Crippen LogP contribution in [0.1, 0.15) is 34.6 Å². The van der Waals surface area contributed by atoms with E-state index >= 15 is 0 Å². The number of rotatable bonds is 1. The van der Waals surface area contributed by atoms with Crippen LogP contribution in [-0.4, -0.2) is 6.04 Å². The lowest BCUT2D eigenvalue weighted by atomic mass is 9.97. The number of allylic oxidation sites excluding steroid dienone is 1. The van der Waals surface area contributed by atoms with Gasteiger partial charge in [-0.2, -0.15) is 0 Å². The molecule has 0 aromatic rings. The fourth-order valence-corrected chi connectivity index (χ4v) is 2.26. The first kappa shape index (κ1) is 8.79. The first-order chi connectivity index (χ1) is 4.92. The van der Waals surface area contributed by atoms with Crippen LogP contribution in [0, 0.1) is 11.3 Å². The Morgan fingerprint density at radius 1 is 1.55 bits per heavy atom. The van der Waals surface area contributed by atoms with E-state index in [0.29, 0.717) is 17.4 Å². The quantitative estimate of drug-likeness (QED) is 0.575. The fraction of sp³-hybridized carbons (Fsp3) is 0.800. The molecule has 2 N–H and O–H groups in total. The molecule has 0 amide bonds. The average Bonchev–Trinajstić information content (AvgIpc) is 2.37. The topological polar surface area (TPSA) is 26.0 Å². The molecule has 1 nitrogen and oxygen atoms in total. The summed E-state index contributed by atoms with van der Waals surface area (Å²) in [4.78, 5) is 0. The summed E-state index contributed by atoms with van der Waals surface area (Å²) in [6, 6.07) is 0.294. The molecule has 0 radical (unpaired) electrons. The number of hydrogen-bond donors (Lipinski definition) is 1. The van der Waals surface area contributed by atoms with Gasteiger partial charge in [-0.05, 0) is 26.7 Å². The molecule has 0 saturated heterocycles. The SMILES string of the molecule is CC(C)=C1C(C)C1(C)C(C)N. The fourth-order valence-electron chi connectivity index (χ4n) is 2.26. The molecule has 3 atom stereocenters. The first-order valence-electron chi connectivity index (χ1n) is 4.35. The van der Waals surface area contributed by atoms with Crippen molar-refractivity contribution in [1.29, 1.82) is 0 Å². The molecule has 1 saturated carbocycles. The van der Waals surface area contributed by atoms with E-state index in [1.807, 2.05) is 0 Å². The Bertz CT molecular complexity index is 199. The maximum absolute atomic E-state index is 5.92. The summed E-state index contributed by atoms with van der Waals surface area (Å²) in [5.41, 5.74) is 9.25. The summed E-state index contributed by atoms with van der Waals surface area (Å²) in [7, 11) is 0. The van der Waals surface area contributed by atoms with Crippen LogP contribution in [0.4, 0.5) is 0 Å². The molecule has 0 aromatic carbocycles. The molecule has 0 heterocycles. The third kappa shape index (κ3) is 1.02. The van der Waals surface area contributed by atoms with Gasteiger partial charge in [-0.3, -0.25) is 0 Å². The molecule has 0 spiro atoms. The molecule has 1 heteroatoms. The standard InChI is InChI=1S/C10H19N/c1-6(2)9-7(3)10(9,5)8(4)11/h7-8H,11H2,1-5H3. The lowest BCUT2D eigenvalue weighted by molar-refractivity contribution is 0.440. The van der Waals surface area contributed by atoms with Crippen molar-refractivity contribution in [2.75, 3.05) is 0 Å². The second kappa shape index (κ2) is 2.34. The van der Waals surface area contributed by atoms with Gasteiger partial charge in [-0.25, -0.2) is 0 Å². The molecular weight excluding hydrogens is 134 g/mol. The highest BCUT2D eigenvalue weighted by Crippen LogP contribution is 2.60. The van der Waals surface area contributed by atoms with E-state index in [-0.39, 0.29) is 0 Å². The van der Waals surface area contributed by atoms with E-state index < -0.39 is 0 Å². The minimum Gasteiger partial charge on any atom is -0.327 e. The Morgan fingerprint density at radius 3 is 2.09 bits per heavy atom. The lowest BCUT2D eigenvalue weighted by Gasteiger charge is -2.13. The number of hydrogen-bond acceptors (Lipinski definition) is 1. The van der Waals surface area contributed by atoms with E-state index in [1.54, 1.807) is 5.57 Å². The van der Waals surface area contributed by atoms with Crippen molar-refractivity contribution < 1.29 is 0 Å². The van der Waals surface area contributed by atoms with Crippen LogP contribution in [-0.2, 0) is 0 Å². The monoisotopic (exact) mass is 153 g/mol. The van der Waals surface area contributed by atoms with E-state index in [1.165, 1.54) is 5.57 Å². The normalized spacial score (nSPS) is 38.7. The zero-order valence-electron chi connectivity index (χ0n) is 8.23. The summed E-state index contributed by atoms with van der Waals surface area (Å²) < 4.78 is 0. The highest BCUT2D eigenvalue weighted by atomic mass is 14.8. The van der Waals surface area contributed by atoms with Gasteiger partial charge in [0.25, 0.3) is 0 Å². The van der Waals surface area contributed by atoms with Gasteiger partial charge in [0, 0.05) is 11.5 Å². The zero-order chi connectivity index (χ0) is 8.81. The Kier molecular flexibility index (Phi) is 1.87. The number of nitrogens with two attached hydrogens (primary N) is 1. The highest BCUT2D eigenvalue weighted by Gasteiger charge is 2.55. The Hall–Kier alpha value is -0.300. The molecule has 11 heavy (non-hydrogen) atoms. The molecule has 64 valence electrons. The first-order valence-corrected chi connectivity index (χ1v) is 4.35. The van der Waals surface area contributed by atoms with Gasteiger partial charge < -0.3 is 5.73 Å². The molecular formula is C10H19N. The molecule has 0 aromatic heterocycles. The maximum atomic E-state index is 5.92. The van der Waals surface area contributed by atoms with Crippen LogP contribution in [0.2, 0.25) is 0 Å². The Morgan fingerprint density at radius 2 is 2.00 bits per heavy atom. The van der Waals surface area contributed by atoms with Crippen molar-refractivity contribution in [3.8, 4) is 0 Å². The van der Waals surface area contributed by atoms with Crippen molar-refractivity contribution in [1.82, 2.24) is 0 Å². The van der Waals surface area contributed by atoms with Gasteiger partial charge in [0.1, 0.15) is 0 Å². The molecule has 3 unspecified atom stereocenters. The predicted molar refractivity (Wildman–Crippen MR) is 49.3 cm³/mol. The Labute approximate surface area is 69.7 Å². The van der Waals surface area contributed by atoms with E-state index in [4.69, 9.17) is 5.73 Å². The van der Waals surface area contributed by atoms with Gasteiger partial charge in [-0.15, -0.1) is 0 Å². The van der Waals surface area contributed by atoms with E-state index in [0.717, 1.165) is 0 Å². The molecule has 1 fully saturated rings. The van der Waals surface area contributed by atoms with Gasteiger partial charge in [0.05, 0.1) is 0 Å². The predicted octanol–water partition coefficient (Wildman–Crippen LogP) is 2.33. The van der Waals surface area contributed by atoms with Gasteiger partial charge in [0.2, 0.25) is 0 Å². The van der Waals surface area contributed by atoms with Crippen molar-refractivity contribution in [3.05, 3.63) is 11.1 Å². The molecule has 1 aliphatic rings. The van der Waals surface area contributed by atoms with Crippen LogP contribution >= 0.6 is 0 Å². The lowest BCUT2D eigenvalue weighted by Crippen LogP contribution is -2.27. The molecule has 0 aliphatic heterocycles. The highest BCUT2D eigenvalue weighted by molar-refractivity contribution is 5.41. The molecule has 1 aliphatic carbocycles. The van der Waals surface area contributed by atoms with Crippen LogP contribution in [0.25, 0.3) is 0 Å². The van der Waals surface area contributed by atoms with Crippen molar-refractivity contribution in [3.63, 3.8) is 0 Å². The summed E-state index contributed by atoms with van der Waals surface area (Å²) in [5.74, 6) is 0.701. The Balaban J connectivity index is 2.90. The maximum Gasteiger partial charge on any atom is 0.0108 e. The third-order valence-electron chi connectivity index (χ3n) is 3.31. The zero-order valence-corrected chi connectivity index (χ0v) is 8.23. The van der Waals surface area contributed by atoms with Gasteiger partial charge in [-0.1, -0.05) is 25.0 Å². The summed E-state index contributed by atoms with van der Waals surface area (Å²) in [6.45, 7) is 11.0. The largest absolute Gasteiger partial charge is 0.327 e. The van der Waals surface area contributed by atoms with Crippen molar-refractivity contribution >= 4 is 0 Å². The second-order valence-corrected chi connectivity index (χ2v) is 4.21. The summed E-state index contributed by atoms with van der Waals surface area (Å²) >= 11 is 0. The second-order valence-electron chi connectivity index (χ2n) is 4.21. The van der Waals surface area contributed by atoms with Crippen molar-refractivity contribution in [2.24, 2.45) is 17.1 Å². The minimum atomic E-state index is 0.294. The van der Waals surface area contributed by atoms with E-state index in [9.17, 15) is 0 Å². The van der Waals surface area contributed by atoms with Crippen LogP contribution in [0.5, 0.6) is 0 Å². The van der Waals surface area contributed by atoms with Gasteiger partial charge in [0.15, 0.2) is 0 Å². The molecule has 0 bridgehead atoms.